The largest absolute Gasteiger partial charge is 0.354 e. The summed E-state index contributed by atoms with van der Waals surface area (Å²) in [5.74, 6) is 0.727. The van der Waals surface area contributed by atoms with Crippen LogP contribution in [0.5, 0.6) is 0 Å². The molecule has 0 unspecified atom stereocenters. The molecule has 0 saturated heterocycles. The van der Waals surface area contributed by atoms with Crippen molar-refractivity contribution in [2.24, 2.45) is 0 Å². The van der Waals surface area contributed by atoms with Gasteiger partial charge in [-0.1, -0.05) is 0 Å². The quantitative estimate of drug-likeness (QED) is 0.686. The summed E-state index contributed by atoms with van der Waals surface area (Å²) in [6.07, 6.45) is 0. The Hall–Kier alpha value is -0.220. The van der Waals surface area contributed by atoms with Crippen LogP contribution in [0.2, 0.25) is 0 Å². The lowest BCUT2D eigenvalue weighted by atomic mass is 10.6. The maximum Gasteiger partial charge on any atom is 0.185 e. The first-order chi connectivity index (χ1) is 4.74. The fourth-order valence-corrected chi connectivity index (χ4v) is 1.62. The molecule has 56 valence electrons. The lowest BCUT2D eigenvalue weighted by Gasteiger charge is -2.04. The Balaban J connectivity index is 2.78. The monoisotopic (exact) mass is 174 g/mol. The van der Waals surface area contributed by atoms with Gasteiger partial charge in [-0.2, -0.15) is 12.6 Å². The Bertz CT molecular complexity index is 207. The molecule has 10 heavy (non-hydrogen) atoms. The molecule has 2 nitrogen and oxygen atoms in total. The van der Waals surface area contributed by atoms with Crippen LogP contribution in [-0.4, -0.2) is 19.1 Å². The molecule has 1 rings (SSSR count). The van der Waals surface area contributed by atoms with Crippen LogP contribution in [0.4, 0.5) is 5.13 Å². The predicted molar refractivity (Wildman–Crippen MR) is 49.1 cm³/mol. The summed E-state index contributed by atoms with van der Waals surface area (Å²) in [6, 6.07) is 0. The van der Waals surface area contributed by atoms with Crippen molar-refractivity contribution in [2.75, 3.05) is 19.0 Å². The number of nitrogens with zero attached hydrogens (tertiary/aromatic N) is 2. The van der Waals surface area contributed by atoms with Gasteiger partial charge < -0.3 is 4.90 Å². The Morgan fingerprint density at radius 3 is 2.70 bits per heavy atom. The van der Waals surface area contributed by atoms with Gasteiger partial charge in [0.2, 0.25) is 0 Å². The van der Waals surface area contributed by atoms with E-state index in [2.05, 4.69) is 17.6 Å². The topological polar surface area (TPSA) is 16.1 Å². The van der Waals surface area contributed by atoms with Gasteiger partial charge in [-0.05, 0) is 0 Å². The molecule has 0 radical (unpaired) electrons. The molecule has 0 spiro atoms. The average Bonchev–Trinajstić information content (AvgIpc) is 2.34. The lowest BCUT2D eigenvalue weighted by Crippen LogP contribution is -2.07. The van der Waals surface area contributed by atoms with Gasteiger partial charge in [-0.3, -0.25) is 0 Å². The van der Waals surface area contributed by atoms with Crippen molar-refractivity contribution in [2.45, 2.75) is 5.75 Å². The van der Waals surface area contributed by atoms with Gasteiger partial charge in [-0.25, -0.2) is 4.98 Å². The van der Waals surface area contributed by atoms with Crippen LogP contribution in [0.3, 0.4) is 0 Å². The Labute approximate surface area is 70.3 Å². The van der Waals surface area contributed by atoms with E-state index in [1.54, 1.807) is 11.3 Å². The first kappa shape index (κ1) is 7.88. The van der Waals surface area contributed by atoms with E-state index in [1.165, 1.54) is 0 Å². The van der Waals surface area contributed by atoms with Gasteiger partial charge in [0.25, 0.3) is 0 Å². The van der Waals surface area contributed by atoms with E-state index in [0.717, 1.165) is 16.6 Å². The van der Waals surface area contributed by atoms with E-state index in [-0.39, 0.29) is 0 Å². The first-order valence-electron chi connectivity index (χ1n) is 2.96. The van der Waals surface area contributed by atoms with Crippen molar-refractivity contribution >= 4 is 29.1 Å². The van der Waals surface area contributed by atoms with E-state index in [1.807, 2.05) is 24.4 Å². The molecule has 0 aliphatic rings. The van der Waals surface area contributed by atoms with Gasteiger partial charge >= 0.3 is 0 Å². The Morgan fingerprint density at radius 1 is 1.70 bits per heavy atom. The zero-order valence-corrected chi connectivity index (χ0v) is 7.75. The number of hydrogen-bond acceptors (Lipinski definition) is 4. The summed E-state index contributed by atoms with van der Waals surface area (Å²) in [5, 5.41) is 3.08. The van der Waals surface area contributed by atoms with E-state index in [0.29, 0.717) is 0 Å². The van der Waals surface area contributed by atoms with Gasteiger partial charge in [0.1, 0.15) is 0 Å². The molecule has 0 aromatic carbocycles. The molecule has 1 heterocycles. The third-order valence-electron chi connectivity index (χ3n) is 1.08. The van der Waals surface area contributed by atoms with E-state index in [4.69, 9.17) is 0 Å². The summed E-state index contributed by atoms with van der Waals surface area (Å²) in [5.41, 5.74) is 1.05. The maximum atomic E-state index is 4.30. The van der Waals surface area contributed by atoms with Crippen LogP contribution in [0.15, 0.2) is 5.38 Å². The fraction of sp³-hybridized carbons (Fsp3) is 0.500. The third-order valence-corrected chi connectivity index (χ3v) is 2.47. The molecule has 0 bridgehead atoms. The molecule has 4 heteroatoms. The highest BCUT2D eigenvalue weighted by atomic mass is 32.1. The molecular weight excluding hydrogens is 164 g/mol. The third kappa shape index (κ3) is 1.64. The first-order valence-corrected chi connectivity index (χ1v) is 4.48. The molecule has 0 amide bonds. The van der Waals surface area contributed by atoms with Crippen LogP contribution in [-0.2, 0) is 5.75 Å². The predicted octanol–water partition coefficient (Wildman–Crippen LogP) is 1.64. The Morgan fingerprint density at radius 2 is 2.40 bits per heavy atom. The normalized spacial score (nSPS) is 9.90. The molecule has 0 aliphatic carbocycles. The summed E-state index contributed by atoms with van der Waals surface area (Å²) in [4.78, 5) is 6.29. The molecule has 0 fully saturated rings. The maximum absolute atomic E-state index is 4.30. The SMILES string of the molecule is CN(C)c1nc(CS)cs1. The summed E-state index contributed by atoms with van der Waals surface area (Å²) < 4.78 is 0. The second kappa shape index (κ2) is 3.25. The minimum Gasteiger partial charge on any atom is -0.354 e. The zero-order valence-electron chi connectivity index (χ0n) is 6.03. The van der Waals surface area contributed by atoms with E-state index in [9.17, 15) is 0 Å². The average molecular weight is 174 g/mol. The zero-order chi connectivity index (χ0) is 7.56. The molecule has 0 aliphatic heterocycles. The van der Waals surface area contributed by atoms with Gasteiger partial charge in [0.15, 0.2) is 5.13 Å². The van der Waals surface area contributed by atoms with Crippen LogP contribution in [0, 0.1) is 0 Å². The minimum absolute atomic E-state index is 0.727. The number of hydrogen-bond donors (Lipinski definition) is 1. The van der Waals surface area contributed by atoms with Crippen molar-refractivity contribution in [3.63, 3.8) is 0 Å². The van der Waals surface area contributed by atoms with Crippen molar-refractivity contribution in [1.29, 1.82) is 0 Å². The smallest absolute Gasteiger partial charge is 0.185 e. The molecule has 1 aromatic heterocycles. The number of aromatic nitrogens is 1. The number of thiol groups is 1. The number of rotatable bonds is 2. The Kier molecular flexibility index (Phi) is 2.56. The van der Waals surface area contributed by atoms with Crippen LogP contribution < -0.4 is 4.90 Å². The van der Waals surface area contributed by atoms with E-state index < -0.39 is 0 Å². The molecule has 0 atom stereocenters. The van der Waals surface area contributed by atoms with Crippen molar-refractivity contribution in [3.05, 3.63) is 11.1 Å². The van der Waals surface area contributed by atoms with Gasteiger partial charge in [-0.15, -0.1) is 11.3 Å². The lowest BCUT2D eigenvalue weighted by molar-refractivity contribution is 1.08. The molecule has 0 saturated carbocycles. The minimum atomic E-state index is 0.727. The number of anilines is 1. The summed E-state index contributed by atoms with van der Waals surface area (Å²) in [7, 11) is 3.97. The highest BCUT2D eigenvalue weighted by Gasteiger charge is 2.00. The van der Waals surface area contributed by atoms with Crippen LogP contribution >= 0.6 is 24.0 Å². The molecule has 0 N–H and O–H groups in total. The highest BCUT2D eigenvalue weighted by Crippen LogP contribution is 2.18. The standard InChI is InChI=1S/C6H10N2S2/c1-8(2)6-7-5(3-9)4-10-6/h4,9H,3H2,1-2H3. The van der Waals surface area contributed by atoms with Crippen molar-refractivity contribution in [3.8, 4) is 0 Å². The summed E-state index contributed by atoms with van der Waals surface area (Å²) >= 11 is 5.77. The van der Waals surface area contributed by atoms with Crippen molar-refractivity contribution in [1.82, 2.24) is 4.98 Å². The second-order valence-corrected chi connectivity index (χ2v) is 3.33. The van der Waals surface area contributed by atoms with Gasteiger partial charge in [0.05, 0.1) is 5.69 Å². The molecular formula is C6H10N2S2. The number of thiazole rings is 1. The van der Waals surface area contributed by atoms with Crippen LogP contribution in [0.25, 0.3) is 0 Å². The highest BCUT2D eigenvalue weighted by molar-refractivity contribution is 7.79. The second-order valence-electron chi connectivity index (χ2n) is 2.17. The van der Waals surface area contributed by atoms with Crippen LogP contribution in [0.1, 0.15) is 5.69 Å². The molecule has 1 aromatic rings. The van der Waals surface area contributed by atoms with E-state index >= 15 is 0 Å². The summed E-state index contributed by atoms with van der Waals surface area (Å²) in [6.45, 7) is 0. The van der Waals surface area contributed by atoms with Gasteiger partial charge in [0, 0.05) is 25.2 Å². The fourth-order valence-electron chi connectivity index (χ4n) is 0.574. The van der Waals surface area contributed by atoms with Crippen molar-refractivity contribution < 1.29 is 0 Å².